The summed E-state index contributed by atoms with van der Waals surface area (Å²) in [5, 5.41) is 17.6. The molecule has 1 aliphatic rings. The molecule has 106 valence electrons. The van der Waals surface area contributed by atoms with Crippen molar-refractivity contribution in [1.82, 2.24) is 14.8 Å². The fraction of sp³-hybridized carbons (Fsp3) is 0.462. The number of rotatable bonds is 4. The first kappa shape index (κ1) is 12.9. The number of aryl methyl sites for hydroxylation is 1. The third-order valence-electron chi connectivity index (χ3n) is 3.47. The highest BCUT2D eigenvalue weighted by atomic mass is 16.5. The van der Waals surface area contributed by atoms with Gasteiger partial charge in [0.2, 0.25) is 0 Å². The number of hydrogen-bond acceptors (Lipinski definition) is 5. The quantitative estimate of drug-likeness (QED) is 0.876. The van der Waals surface area contributed by atoms with Crippen LogP contribution in [0.25, 0.3) is 11.0 Å². The summed E-state index contributed by atoms with van der Waals surface area (Å²) in [5.74, 6) is -0.995. The summed E-state index contributed by atoms with van der Waals surface area (Å²) in [7, 11) is 0. The van der Waals surface area contributed by atoms with Gasteiger partial charge in [0.05, 0.1) is 29.9 Å². The summed E-state index contributed by atoms with van der Waals surface area (Å²) in [6.07, 6.45) is 3.91. The van der Waals surface area contributed by atoms with Crippen LogP contribution in [-0.4, -0.2) is 45.1 Å². The standard InChI is InChI=1S/C13H16N4O3/c1-2-17-12-9(6-15-17)11(10(5-14-12)13(18)19)16-8-3-4-20-7-8/h5-6,8H,2-4,7H2,1H3,(H,14,16)(H,18,19)/t8-/m0/s1. The van der Waals surface area contributed by atoms with Crippen LogP contribution in [0.4, 0.5) is 5.69 Å². The van der Waals surface area contributed by atoms with Crippen molar-refractivity contribution in [2.45, 2.75) is 25.9 Å². The van der Waals surface area contributed by atoms with Gasteiger partial charge in [-0.15, -0.1) is 0 Å². The Labute approximate surface area is 115 Å². The maximum atomic E-state index is 11.4. The molecule has 0 radical (unpaired) electrons. The van der Waals surface area contributed by atoms with E-state index in [4.69, 9.17) is 4.74 Å². The maximum absolute atomic E-state index is 11.4. The van der Waals surface area contributed by atoms with Gasteiger partial charge in [0.15, 0.2) is 5.65 Å². The fourth-order valence-electron chi connectivity index (χ4n) is 2.43. The van der Waals surface area contributed by atoms with Crippen molar-refractivity contribution in [3.05, 3.63) is 18.0 Å². The summed E-state index contributed by atoms with van der Waals surface area (Å²) in [5.41, 5.74) is 1.44. The van der Waals surface area contributed by atoms with Crippen molar-refractivity contribution >= 4 is 22.7 Å². The molecule has 2 aromatic heterocycles. The number of hydrogen-bond donors (Lipinski definition) is 2. The highest BCUT2D eigenvalue weighted by Gasteiger charge is 2.22. The minimum atomic E-state index is -0.995. The van der Waals surface area contributed by atoms with Crippen molar-refractivity contribution in [3.8, 4) is 0 Å². The number of nitrogens with zero attached hydrogens (tertiary/aromatic N) is 3. The van der Waals surface area contributed by atoms with E-state index in [0.717, 1.165) is 11.8 Å². The van der Waals surface area contributed by atoms with E-state index < -0.39 is 5.97 Å². The van der Waals surface area contributed by atoms with Crippen LogP contribution in [0.2, 0.25) is 0 Å². The van der Waals surface area contributed by atoms with E-state index >= 15 is 0 Å². The molecule has 0 amide bonds. The number of anilines is 1. The predicted molar refractivity (Wildman–Crippen MR) is 73.0 cm³/mol. The van der Waals surface area contributed by atoms with Gasteiger partial charge in [-0.05, 0) is 13.3 Å². The molecule has 1 atom stereocenters. The van der Waals surface area contributed by atoms with Gasteiger partial charge in [-0.25, -0.2) is 14.5 Å². The molecule has 3 rings (SSSR count). The van der Waals surface area contributed by atoms with Crippen molar-refractivity contribution < 1.29 is 14.6 Å². The normalized spacial score (nSPS) is 18.6. The topological polar surface area (TPSA) is 89.3 Å². The van der Waals surface area contributed by atoms with E-state index in [1.165, 1.54) is 6.20 Å². The molecule has 2 N–H and O–H groups in total. The molecule has 0 bridgehead atoms. The van der Waals surface area contributed by atoms with Crippen LogP contribution in [0, 0.1) is 0 Å². The van der Waals surface area contributed by atoms with E-state index in [0.29, 0.717) is 31.1 Å². The molecule has 0 saturated carbocycles. The minimum Gasteiger partial charge on any atom is -0.478 e. The van der Waals surface area contributed by atoms with Crippen LogP contribution in [-0.2, 0) is 11.3 Å². The zero-order valence-corrected chi connectivity index (χ0v) is 11.2. The van der Waals surface area contributed by atoms with Gasteiger partial charge in [-0.1, -0.05) is 0 Å². The number of carboxylic acid groups (broad SMARTS) is 1. The van der Waals surface area contributed by atoms with Crippen LogP contribution in [0.3, 0.4) is 0 Å². The van der Waals surface area contributed by atoms with Gasteiger partial charge in [0.1, 0.15) is 5.56 Å². The first-order valence-electron chi connectivity index (χ1n) is 6.62. The molecule has 1 fully saturated rings. The van der Waals surface area contributed by atoms with Gasteiger partial charge < -0.3 is 15.2 Å². The number of aromatic nitrogens is 3. The minimum absolute atomic E-state index is 0.128. The molecular formula is C13H16N4O3. The second-order valence-electron chi connectivity index (χ2n) is 4.75. The molecule has 1 aliphatic heterocycles. The molecule has 7 heteroatoms. The van der Waals surface area contributed by atoms with Crippen molar-refractivity contribution in [3.63, 3.8) is 0 Å². The van der Waals surface area contributed by atoms with Crippen LogP contribution in [0.15, 0.2) is 12.4 Å². The van der Waals surface area contributed by atoms with Crippen molar-refractivity contribution in [1.29, 1.82) is 0 Å². The van der Waals surface area contributed by atoms with Gasteiger partial charge in [-0.2, -0.15) is 5.10 Å². The number of carbonyl (C=O) groups is 1. The summed E-state index contributed by atoms with van der Waals surface area (Å²) >= 11 is 0. The largest absolute Gasteiger partial charge is 0.478 e. The lowest BCUT2D eigenvalue weighted by atomic mass is 10.1. The molecule has 3 heterocycles. The fourth-order valence-corrected chi connectivity index (χ4v) is 2.43. The first-order valence-corrected chi connectivity index (χ1v) is 6.62. The molecule has 2 aromatic rings. The van der Waals surface area contributed by atoms with E-state index in [1.54, 1.807) is 10.9 Å². The van der Waals surface area contributed by atoms with Crippen molar-refractivity contribution in [2.75, 3.05) is 18.5 Å². The van der Waals surface area contributed by atoms with Gasteiger partial charge in [0.25, 0.3) is 0 Å². The van der Waals surface area contributed by atoms with E-state index in [9.17, 15) is 9.90 Å². The Morgan fingerprint density at radius 2 is 2.45 bits per heavy atom. The summed E-state index contributed by atoms with van der Waals surface area (Å²) in [4.78, 5) is 15.6. The molecule has 20 heavy (non-hydrogen) atoms. The number of ether oxygens (including phenoxy) is 1. The number of pyridine rings is 1. The van der Waals surface area contributed by atoms with Gasteiger partial charge in [-0.3, -0.25) is 0 Å². The number of carboxylic acids is 1. The van der Waals surface area contributed by atoms with Crippen LogP contribution in [0.1, 0.15) is 23.7 Å². The predicted octanol–water partition coefficient (Wildman–Crippen LogP) is 1.35. The summed E-state index contributed by atoms with van der Waals surface area (Å²) in [6.45, 7) is 3.94. The molecular weight excluding hydrogens is 260 g/mol. The lowest BCUT2D eigenvalue weighted by Gasteiger charge is -2.15. The Balaban J connectivity index is 2.10. The monoisotopic (exact) mass is 276 g/mol. The Bertz CT molecular complexity index is 646. The van der Waals surface area contributed by atoms with Crippen molar-refractivity contribution in [2.24, 2.45) is 0 Å². The van der Waals surface area contributed by atoms with E-state index in [1.807, 2.05) is 6.92 Å². The molecule has 0 unspecified atom stereocenters. The Hall–Kier alpha value is -2.15. The average molecular weight is 276 g/mol. The molecule has 0 aliphatic carbocycles. The summed E-state index contributed by atoms with van der Waals surface area (Å²) < 4.78 is 7.07. The number of fused-ring (bicyclic) bond motifs is 1. The van der Waals surface area contributed by atoms with E-state index in [2.05, 4.69) is 15.4 Å². The first-order chi connectivity index (χ1) is 9.70. The number of aromatic carboxylic acids is 1. The lowest BCUT2D eigenvalue weighted by Crippen LogP contribution is -2.21. The van der Waals surface area contributed by atoms with E-state index in [-0.39, 0.29) is 11.6 Å². The lowest BCUT2D eigenvalue weighted by molar-refractivity contribution is 0.0697. The second-order valence-corrected chi connectivity index (χ2v) is 4.75. The zero-order valence-electron chi connectivity index (χ0n) is 11.2. The van der Waals surface area contributed by atoms with Crippen LogP contribution < -0.4 is 5.32 Å². The smallest absolute Gasteiger partial charge is 0.339 e. The number of nitrogens with one attached hydrogen (secondary N) is 1. The van der Waals surface area contributed by atoms with Gasteiger partial charge in [0, 0.05) is 19.3 Å². The molecule has 1 saturated heterocycles. The zero-order chi connectivity index (χ0) is 14.1. The van der Waals surface area contributed by atoms with Crippen LogP contribution in [0.5, 0.6) is 0 Å². The third-order valence-corrected chi connectivity index (χ3v) is 3.47. The Kier molecular flexibility index (Phi) is 3.27. The Morgan fingerprint density at radius 1 is 1.60 bits per heavy atom. The van der Waals surface area contributed by atoms with Crippen LogP contribution >= 0.6 is 0 Å². The maximum Gasteiger partial charge on any atom is 0.339 e. The molecule has 0 spiro atoms. The van der Waals surface area contributed by atoms with Gasteiger partial charge >= 0.3 is 5.97 Å². The summed E-state index contributed by atoms with van der Waals surface area (Å²) in [6, 6.07) is 0.128. The highest BCUT2D eigenvalue weighted by molar-refractivity contribution is 6.03. The average Bonchev–Trinajstić information content (AvgIpc) is 3.07. The molecule has 7 nitrogen and oxygen atoms in total. The Morgan fingerprint density at radius 3 is 3.10 bits per heavy atom. The second kappa shape index (κ2) is 5.09. The third kappa shape index (κ3) is 2.09. The highest BCUT2D eigenvalue weighted by Crippen LogP contribution is 2.27. The molecule has 0 aromatic carbocycles. The SMILES string of the molecule is CCn1ncc2c(N[C@H]3CCOC3)c(C(=O)O)cnc21.